The highest BCUT2D eigenvalue weighted by atomic mass is 16.5. The third-order valence-corrected chi connectivity index (χ3v) is 5.02. The molecule has 5 heteroatoms. The van der Waals surface area contributed by atoms with Crippen LogP contribution in [-0.4, -0.2) is 62.6 Å². The molecule has 0 N–H and O–H groups in total. The fourth-order valence-electron chi connectivity index (χ4n) is 3.40. The lowest BCUT2D eigenvalue weighted by Gasteiger charge is -2.32. The third kappa shape index (κ3) is 6.10. The van der Waals surface area contributed by atoms with Crippen molar-refractivity contribution in [3.63, 3.8) is 0 Å². The van der Waals surface area contributed by atoms with Gasteiger partial charge in [0, 0.05) is 38.4 Å². The summed E-state index contributed by atoms with van der Waals surface area (Å²) >= 11 is 0. The first-order chi connectivity index (χ1) is 12.3. The second kappa shape index (κ2) is 9.90. The van der Waals surface area contributed by atoms with Gasteiger partial charge in [-0.1, -0.05) is 12.2 Å². The van der Waals surface area contributed by atoms with Crippen LogP contribution in [0.5, 0.6) is 5.75 Å². The lowest BCUT2D eigenvalue weighted by molar-refractivity contribution is -0.0100. The average molecular weight is 346 g/mol. The van der Waals surface area contributed by atoms with Crippen LogP contribution in [0.15, 0.2) is 24.5 Å². The monoisotopic (exact) mass is 346 g/mol. The molecule has 5 nitrogen and oxygen atoms in total. The molecular weight excluding hydrogens is 316 g/mol. The molecule has 1 unspecified atom stereocenters. The van der Waals surface area contributed by atoms with Crippen molar-refractivity contribution < 1.29 is 14.2 Å². The van der Waals surface area contributed by atoms with E-state index in [0.29, 0.717) is 12.0 Å². The number of likely N-dealkylation sites (tertiary alicyclic amines) is 1. The van der Waals surface area contributed by atoms with E-state index in [4.69, 9.17) is 14.2 Å². The van der Waals surface area contributed by atoms with Gasteiger partial charge in [0.1, 0.15) is 5.75 Å². The first kappa shape index (κ1) is 18.4. The fraction of sp³-hybridized carbons (Fsp3) is 0.650. The molecule has 0 bridgehead atoms. The van der Waals surface area contributed by atoms with Crippen LogP contribution in [0.25, 0.3) is 6.08 Å². The molecule has 1 atom stereocenters. The molecule has 0 saturated carbocycles. The summed E-state index contributed by atoms with van der Waals surface area (Å²) in [5.41, 5.74) is 1.09. The SMILES string of the molecule is COc1cncc(C=CCCN2CCC(OCC3CCOC3)CC2)c1. The van der Waals surface area contributed by atoms with Crippen LogP contribution in [-0.2, 0) is 9.47 Å². The van der Waals surface area contributed by atoms with Gasteiger partial charge in [-0.25, -0.2) is 0 Å². The first-order valence-corrected chi connectivity index (χ1v) is 9.41. The highest BCUT2D eigenvalue weighted by molar-refractivity contribution is 5.49. The molecule has 1 aromatic heterocycles. The van der Waals surface area contributed by atoms with E-state index in [2.05, 4.69) is 22.0 Å². The number of ether oxygens (including phenoxy) is 3. The summed E-state index contributed by atoms with van der Waals surface area (Å²) in [7, 11) is 1.67. The molecule has 1 aromatic rings. The van der Waals surface area contributed by atoms with Crippen LogP contribution < -0.4 is 4.74 Å². The molecule has 0 aliphatic carbocycles. The smallest absolute Gasteiger partial charge is 0.137 e. The number of piperidine rings is 1. The Labute approximate surface area is 151 Å². The minimum absolute atomic E-state index is 0.440. The van der Waals surface area contributed by atoms with E-state index in [-0.39, 0.29) is 0 Å². The lowest BCUT2D eigenvalue weighted by atomic mass is 10.1. The van der Waals surface area contributed by atoms with E-state index < -0.39 is 0 Å². The third-order valence-electron chi connectivity index (χ3n) is 5.02. The predicted octanol–water partition coefficient (Wildman–Crippen LogP) is 3.01. The van der Waals surface area contributed by atoms with E-state index in [0.717, 1.165) is 76.5 Å². The van der Waals surface area contributed by atoms with E-state index in [1.165, 1.54) is 0 Å². The van der Waals surface area contributed by atoms with Gasteiger partial charge in [-0.3, -0.25) is 4.98 Å². The van der Waals surface area contributed by atoms with Crippen molar-refractivity contribution in [2.75, 3.05) is 46.6 Å². The largest absolute Gasteiger partial charge is 0.495 e. The van der Waals surface area contributed by atoms with Crippen LogP contribution >= 0.6 is 0 Å². The Morgan fingerprint density at radius 2 is 2.16 bits per heavy atom. The van der Waals surface area contributed by atoms with Gasteiger partial charge in [0.05, 0.1) is 32.6 Å². The van der Waals surface area contributed by atoms with Gasteiger partial charge in [0.25, 0.3) is 0 Å². The molecule has 2 saturated heterocycles. The van der Waals surface area contributed by atoms with Crippen molar-refractivity contribution in [2.24, 2.45) is 5.92 Å². The minimum atomic E-state index is 0.440. The number of hydrogen-bond donors (Lipinski definition) is 0. The molecule has 2 aliphatic rings. The molecule has 3 rings (SSSR count). The van der Waals surface area contributed by atoms with Gasteiger partial charge >= 0.3 is 0 Å². The van der Waals surface area contributed by atoms with Crippen molar-refractivity contribution in [1.82, 2.24) is 9.88 Å². The Hall–Kier alpha value is -1.43. The standard InChI is InChI=1S/C20H30N2O3/c1-23-20-12-17(13-21-14-20)4-2-3-8-22-9-5-19(6-10-22)25-16-18-7-11-24-15-18/h2,4,12-14,18-19H,3,5-11,15-16H2,1H3. The minimum Gasteiger partial charge on any atom is -0.495 e. The summed E-state index contributed by atoms with van der Waals surface area (Å²) in [6, 6.07) is 2.00. The number of rotatable bonds is 8. The predicted molar refractivity (Wildman–Crippen MR) is 98.8 cm³/mol. The van der Waals surface area contributed by atoms with Crippen LogP contribution in [0.1, 0.15) is 31.2 Å². The maximum atomic E-state index is 6.08. The van der Waals surface area contributed by atoms with Crippen molar-refractivity contribution >= 4 is 6.08 Å². The van der Waals surface area contributed by atoms with Crippen molar-refractivity contribution in [3.8, 4) is 5.75 Å². The second-order valence-electron chi connectivity index (χ2n) is 6.95. The molecule has 0 radical (unpaired) electrons. The summed E-state index contributed by atoms with van der Waals surface area (Å²) in [5, 5.41) is 0. The first-order valence-electron chi connectivity index (χ1n) is 9.41. The second-order valence-corrected chi connectivity index (χ2v) is 6.95. The maximum absolute atomic E-state index is 6.08. The number of aromatic nitrogens is 1. The Morgan fingerprint density at radius 1 is 1.28 bits per heavy atom. The van der Waals surface area contributed by atoms with Crippen molar-refractivity contribution in [1.29, 1.82) is 0 Å². The van der Waals surface area contributed by atoms with E-state index >= 15 is 0 Å². The zero-order chi connectivity index (χ0) is 17.3. The van der Waals surface area contributed by atoms with E-state index in [9.17, 15) is 0 Å². The summed E-state index contributed by atoms with van der Waals surface area (Å²) in [6.07, 6.45) is 12.9. The molecule has 0 aromatic carbocycles. The Kier molecular flexibility index (Phi) is 7.27. The van der Waals surface area contributed by atoms with Gasteiger partial charge in [0.2, 0.25) is 0 Å². The highest BCUT2D eigenvalue weighted by Crippen LogP contribution is 2.18. The molecule has 2 fully saturated rings. The van der Waals surface area contributed by atoms with E-state index in [1.807, 2.05) is 12.3 Å². The number of methoxy groups -OCH3 is 1. The number of nitrogens with zero attached hydrogens (tertiary/aromatic N) is 2. The van der Waals surface area contributed by atoms with Crippen LogP contribution in [0.4, 0.5) is 0 Å². The number of pyridine rings is 1. The van der Waals surface area contributed by atoms with Gasteiger partial charge in [-0.2, -0.15) is 0 Å². The molecule has 3 heterocycles. The summed E-state index contributed by atoms with van der Waals surface area (Å²) in [4.78, 5) is 6.70. The van der Waals surface area contributed by atoms with Crippen molar-refractivity contribution in [3.05, 3.63) is 30.1 Å². The Morgan fingerprint density at radius 3 is 2.92 bits per heavy atom. The zero-order valence-corrected chi connectivity index (χ0v) is 15.2. The van der Waals surface area contributed by atoms with Gasteiger partial charge in [-0.15, -0.1) is 0 Å². The maximum Gasteiger partial charge on any atom is 0.137 e. The molecular formula is C20H30N2O3. The van der Waals surface area contributed by atoms with Crippen LogP contribution in [0.2, 0.25) is 0 Å². The molecule has 0 amide bonds. The van der Waals surface area contributed by atoms with Crippen molar-refractivity contribution in [2.45, 2.75) is 31.8 Å². The van der Waals surface area contributed by atoms with Gasteiger partial charge in [0.15, 0.2) is 0 Å². The zero-order valence-electron chi connectivity index (χ0n) is 15.2. The highest BCUT2D eigenvalue weighted by Gasteiger charge is 2.22. The Bertz CT molecular complexity index is 535. The van der Waals surface area contributed by atoms with Gasteiger partial charge in [-0.05, 0) is 37.3 Å². The average Bonchev–Trinajstić information content (AvgIpc) is 3.18. The van der Waals surface area contributed by atoms with Crippen LogP contribution in [0, 0.1) is 5.92 Å². The number of hydrogen-bond acceptors (Lipinski definition) is 5. The topological polar surface area (TPSA) is 43.8 Å². The summed E-state index contributed by atoms with van der Waals surface area (Å²) in [5.74, 6) is 1.42. The normalized spacial score (nSPS) is 22.7. The van der Waals surface area contributed by atoms with E-state index in [1.54, 1.807) is 13.3 Å². The van der Waals surface area contributed by atoms with Crippen LogP contribution in [0.3, 0.4) is 0 Å². The van der Waals surface area contributed by atoms with Gasteiger partial charge < -0.3 is 19.1 Å². The molecule has 25 heavy (non-hydrogen) atoms. The summed E-state index contributed by atoms with van der Waals surface area (Å²) in [6.45, 7) is 6.06. The fourth-order valence-corrected chi connectivity index (χ4v) is 3.40. The lowest BCUT2D eigenvalue weighted by Crippen LogP contribution is -2.38. The quantitative estimate of drug-likeness (QED) is 0.724. The molecule has 0 spiro atoms. The molecule has 2 aliphatic heterocycles. The summed E-state index contributed by atoms with van der Waals surface area (Å²) < 4.78 is 16.7. The molecule has 138 valence electrons. The Balaban J connectivity index is 1.30.